The average molecular weight is 302 g/mol. The van der Waals surface area contributed by atoms with Crippen LogP contribution in [-0.2, 0) is 11.0 Å². The molecule has 1 aliphatic rings. The van der Waals surface area contributed by atoms with E-state index < -0.39 is 23.2 Å². The Labute approximate surface area is 120 Å². The molecule has 4 nitrogen and oxygen atoms in total. The Morgan fingerprint density at radius 1 is 1.48 bits per heavy atom. The molecular weight excluding hydrogens is 285 g/mol. The molecule has 0 spiro atoms. The van der Waals surface area contributed by atoms with Crippen LogP contribution >= 0.6 is 0 Å². The minimum atomic E-state index is -4.45. The van der Waals surface area contributed by atoms with Crippen LogP contribution < -0.4 is 5.32 Å². The van der Waals surface area contributed by atoms with E-state index >= 15 is 0 Å². The second kappa shape index (κ2) is 5.54. The molecular formula is C14H17F3N2O2. The maximum Gasteiger partial charge on any atom is 0.417 e. The molecule has 0 saturated heterocycles. The predicted molar refractivity (Wildman–Crippen MR) is 70.9 cm³/mol. The van der Waals surface area contributed by atoms with E-state index in [1.54, 1.807) is 0 Å². The summed E-state index contributed by atoms with van der Waals surface area (Å²) < 4.78 is 37.4. The van der Waals surface area contributed by atoms with Crippen LogP contribution in [0.25, 0.3) is 0 Å². The van der Waals surface area contributed by atoms with Gasteiger partial charge < -0.3 is 10.4 Å². The van der Waals surface area contributed by atoms with Crippen molar-refractivity contribution in [1.82, 2.24) is 4.98 Å². The van der Waals surface area contributed by atoms with E-state index in [1.165, 1.54) is 6.07 Å². The Kier molecular flexibility index (Phi) is 4.11. The van der Waals surface area contributed by atoms with Crippen LogP contribution in [0.4, 0.5) is 19.0 Å². The number of rotatable bonds is 3. The van der Waals surface area contributed by atoms with E-state index in [4.69, 9.17) is 0 Å². The molecule has 0 bridgehead atoms. The highest BCUT2D eigenvalue weighted by Crippen LogP contribution is 2.35. The Hall–Kier alpha value is -1.79. The lowest BCUT2D eigenvalue weighted by molar-refractivity contribution is -0.144. The number of anilines is 1. The molecule has 2 unspecified atom stereocenters. The van der Waals surface area contributed by atoms with E-state index in [1.807, 2.05) is 6.92 Å². The van der Waals surface area contributed by atoms with Gasteiger partial charge in [0.15, 0.2) is 0 Å². The third-order valence-corrected chi connectivity index (χ3v) is 3.86. The first kappa shape index (κ1) is 15.6. The molecule has 1 fully saturated rings. The van der Waals surface area contributed by atoms with Gasteiger partial charge in [-0.2, -0.15) is 13.2 Å². The van der Waals surface area contributed by atoms with E-state index in [2.05, 4.69) is 10.3 Å². The third-order valence-electron chi connectivity index (χ3n) is 3.86. The standard InChI is InChI=1S/C14H17F3N2O2/c1-9-3-2-6-13(7-9,12(20)21)19-11-5-4-10(8-18-11)14(15,16)17/h4-5,8-9H,2-3,6-7H2,1H3,(H,18,19)(H,20,21). The van der Waals surface area contributed by atoms with Gasteiger partial charge in [-0.3, -0.25) is 0 Å². The molecule has 0 aromatic carbocycles. The minimum absolute atomic E-state index is 0.152. The second-order valence-corrected chi connectivity index (χ2v) is 5.64. The van der Waals surface area contributed by atoms with Crippen molar-refractivity contribution in [2.75, 3.05) is 5.32 Å². The van der Waals surface area contributed by atoms with Crippen LogP contribution in [0.5, 0.6) is 0 Å². The smallest absolute Gasteiger partial charge is 0.417 e. The zero-order valence-electron chi connectivity index (χ0n) is 11.6. The number of pyridine rings is 1. The maximum absolute atomic E-state index is 12.5. The first-order valence-corrected chi connectivity index (χ1v) is 6.78. The average Bonchev–Trinajstić information content (AvgIpc) is 2.38. The van der Waals surface area contributed by atoms with Crippen molar-refractivity contribution in [2.24, 2.45) is 5.92 Å². The largest absolute Gasteiger partial charge is 0.480 e. The summed E-state index contributed by atoms with van der Waals surface area (Å²) in [7, 11) is 0. The van der Waals surface area contributed by atoms with Crippen molar-refractivity contribution < 1.29 is 23.1 Å². The van der Waals surface area contributed by atoms with Gasteiger partial charge in [0.05, 0.1) is 5.56 Å². The summed E-state index contributed by atoms with van der Waals surface area (Å²) in [6.45, 7) is 1.97. The Bertz CT molecular complexity index is 516. The fourth-order valence-corrected chi connectivity index (χ4v) is 2.79. The minimum Gasteiger partial charge on any atom is -0.480 e. The summed E-state index contributed by atoms with van der Waals surface area (Å²) >= 11 is 0. The van der Waals surface area contributed by atoms with Crippen molar-refractivity contribution in [3.8, 4) is 0 Å². The highest BCUT2D eigenvalue weighted by Gasteiger charge is 2.42. The number of carboxylic acid groups (broad SMARTS) is 1. The van der Waals surface area contributed by atoms with E-state index in [0.717, 1.165) is 18.9 Å². The van der Waals surface area contributed by atoms with Crippen molar-refractivity contribution in [1.29, 1.82) is 0 Å². The highest BCUT2D eigenvalue weighted by atomic mass is 19.4. The summed E-state index contributed by atoms with van der Waals surface area (Å²) in [5.74, 6) is -0.591. The Balaban J connectivity index is 2.20. The molecule has 116 valence electrons. The number of carboxylic acids is 1. The predicted octanol–water partition coefficient (Wildman–Crippen LogP) is 3.55. The topological polar surface area (TPSA) is 62.2 Å². The zero-order chi connectivity index (χ0) is 15.7. The molecule has 0 aliphatic heterocycles. The summed E-state index contributed by atoms with van der Waals surface area (Å²) in [5.41, 5.74) is -2.00. The molecule has 21 heavy (non-hydrogen) atoms. The Morgan fingerprint density at radius 2 is 2.19 bits per heavy atom. The molecule has 2 rings (SSSR count). The normalized spacial score (nSPS) is 26.4. The fourth-order valence-electron chi connectivity index (χ4n) is 2.79. The van der Waals surface area contributed by atoms with Crippen molar-refractivity contribution in [3.05, 3.63) is 23.9 Å². The summed E-state index contributed by atoms with van der Waals surface area (Å²) in [4.78, 5) is 15.3. The number of aliphatic carboxylic acids is 1. The molecule has 2 atom stereocenters. The molecule has 0 amide bonds. The van der Waals surface area contributed by atoms with Crippen LogP contribution in [0.15, 0.2) is 18.3 Å². The lowest BCUT2D eigenvalue weighted by Crippen LogP contribution is -2.49. The van der Waals surface area contributed by atoms with Gasteiger partial charge in [-0.1, -0.05) is 19.8 Å². The van der Waals surface area contributed by atoms with E-state index in [0.29, 0.717) is 19.0 Å². The number of nitrogens with one attached hydrogen (secondary N) is 1. The van der Waals surface area contributed by atoms with Gasteiger partial charge in [0.25, 0.3) is 0 Å². The van der Waals surface area contributed by atoms with E-state index in [9.17, 15) is 23.1 Å². The number of alkyl halides is 3. The van der Waals surface area contributed by atoms with E-state index in [-0.39, 0.29) is 11.7 Å². The first-order valence-electron chi connectivity index (χ1n) is 6.78. The van der Waals surface area contributed by atoms with Crippen LogP contribution in [-0.4, -0.2) is 21.6 Å². The van der Waals surface area contributed by atoms with Crippen molar-refractivity contribution >= 4 is 11.8 Å². The maximum atomic E-state index is 12.5. The summed E-state index contributed by atoms with van der Waals surface area (Å²) in [6, 6.07) is 2.07. The van der Waals surface area contributed by atoms with Crippen LogP contribution in [0.2, 0.25) is 0 Å². The van der Waals surface area contributed by atoms with Gasteiger partial charge in [0, 0.05) is 6.20 Å². The molecule has 1 heterocycles. The molecule has 1 aromatic heterocycles. The van der Waals surface area contributed by atoms with Gasteiger partial charge >= 0.3 is 12.1 Å². The number of carbonyl (C=O) groups is 1. The lowest BCUT2D eigenvalue weighted by Gasteiger charge is -2.37. The van der Waals surface area contributed by atoms with Gasteiger partial charge in [-0.05, 0) is 30.9 Å². The number of hydrogen-bond acceptors (Lipinski definition) is 3. The van der Waals surface area contributed by atoms with Gasteiger partial charge in [0.1, 0.15) is 11.4 Å². The summed E-state index contributed by atoms with van der Waals surface area (Å²) in [6.07, 6.45) is -1.14. The number of aromatic nitrogens is 1. The molecule has 1 saturated carbocycles. The number of nitrogens with zero attached hydrogens (tertiary/aromatic N) is 1. The lowest BCUT2D eigenvalue weighted by atomic mass is 9.76. The van der Waals surface area contributed by atoms with Gasteiger partial charge in [0.2, 0.25) is 0 Å². The number of halogens is 3. The van der Waals surface area contributed by atoms with Crippen LogP contribution in [0.1, 0.15) is 38.2 Å². The zero-order valence-corrected chi connectivity index (χ0v) is 11.6. The Morgan fingerprint density at radius 3 is 2.67 bits per heavy atom. The SMILES string of the molecule is CC1CCCC(Nc2ccc(C(F)(F)F)cn2)(C(=O)O)C1. The fraction of sp³-hybridized carbons (Fsp3) is 0.571. The van der Waals surface area contributed by atoms with Crippen molar-refractivity contribution in [2.45, 2.75) is 44.3 Å². The monoisotopic (exact) mass is 302 g/mol. The molecule has 0 radical (unpaired) electrons. The molecule has 1 aromatic rings. The first-order chi connectivity index (χ1) is 9.73. The van der Waals surface area contributed by atoms with Gasteiger partial charge in [-0.15, -0.1) is 0 Å². The third kappa shape index (κ3) is 3.46. The van der Waals surface area contributed by atoms with Crippen LogP contribution in [0.3, 0.4) is 0 Å². The second-order valence-electron chi connectivity index (χ2n) is 5.64. The molecule has 7 heteroatoms. The highest BCUT2D eigenvalue weighted by molar-refractivity contribution is 5.82. The van der Waals surface area contributed by atoms with Crippen LogP contribution in [0, 0.1) is 5.92 Å². The van der Waals surface area contributed by atoms with Gasteiger partial charge in [-0.25, -0.2) is 9.78 Å². The van der Waals surface area contributed by atoms with Crippen molar-refractivity contribution in [3.63, 3.8) is 0 Å². The number of hydrogen-bond donors (Lipinski definition) is 2. The molecule has 2 N–H and O–H groups in total. The molecule has 1 aliphatic carbocycles. The quantitative estimate of drug-likeness (QED) is 0.896. The summed E-state index contributed by atoms with van der Waals surface area (Å²) in [5, 5.41) is 12.3.